The number of halogens is 1. The van der Waals surface area contributed by atoms with Crippen LogP contribution in [0.4, 0.5) is 10.1 Å². The minimum atomic E-state index is -0.485. The second-order valence-corrected chi connectivity index (χ2v) is 6.21. The Morgan fingerprint density at radius 2 is 1.76 bits per heavy atom. The van der Waals surface area contributed by atoms with Crippen LogP contribution in [0.25, 0.3) is 11.1 Å². The van der Waals surface area contributed by atoms with Crippen molar-refractivity contribution in [2.24, 2.45) is 0 Å². The Labute approximate surface area is 146 Å². The van der Waals surface area contributed by atoms with Gasteiger partial charge >= 0.3 is 0 Å². The molecule has 0 atom stereocenters. The fourth-order valence-corrected chi connectivity index (χ4v) is 3.46. The molecular weight excluding hydrogens is 313 g/mol. The molecule has 1 aliphatic heterocycles. The molecule has 1 heterocycles. The maximum Gasteiger partial charge on any atom is 0.195 e. The summed E-state index contributed by atoms with van der Waals surface area (Å²) in [7, 11) is 0. The van der Waals surface area contributed by atoms with Gasteiger partial charge in [0.15, 0.2) is 5.78 Å². The molecule has 0 unspecified atom stereocenters. The Balaban J connectivity index is 1.85. The number of rotatable bonds is 3. The van der Waals surface area contributed by atoms with Gasteiger partial charge in [0, 0.05) is 29.9 Å². The fraction of sp³-hybridized carbons (Fsp3) is 0.136. The maximum atomic E-state index is 14.0. The molecule has 0 saturated heterocycles. The van der Waals surface area contributed by atoms with Gasteiger partial charge in [-0.3, -0.25) is 4.79 Å². The van der Waals surface area contributed by atoms with Crippen LogP contribution in [-0.4, -0.2) is 12.3 Å². The van der Waals surface area contributed by atoms with E-state index in [0.717, 1.165) is 29.9 Å². The van der Waals surface area contributed by atoms with E-state index in [1.54, 1.807) is 18.2 Å². The first-order valence-electron chi connectivity index (χ1n) is 8.45. The standard InChI is InChI=1S/C22H18FNO/c1-2-24-14-16-7-3-4-8-17(16)19-13-15(11-12-21(19)24)22(25)18-9-5-6-10-20(18)23/h3-13H,2,14H2,1H3. The Morgan fingerprint density at radius 3 is 2.56 bits per heavy atom. The SMILES string of the molecule is CCN1Cc2ccccc2-c2cc(C(=O)c3ccccc3F)ccc21. The molecule has 0 fully saturated rings. The van der Waals surface area contributed by atoms with Gasteiger partial charge in [-0.25, -0.2) is 4.39 Å². The Hall–Kier alpha value is -2.94. The summed E-state index contributed by atoms with van der Waals surface area (Å²) in [6.07, 6.45) is 0. The highest BCUT2D eigenvalue weighted by Gasteiger charge is 2.23. The largest absolute Gasteiger partial charge is 0.367 e. The summed E-state index contributed by atoms with van der Waals surface area (Å²) in [5.41, 5.74) is 5.16. The number of ketones is 1. The smallest absolute Gasteiger partial charge is 0.195 e. The lowest BCUT2D eigenvalue weighted by molar-refractivity contribution is 0.103. The molecule has 0 radical (unpaired) electrons. The molecule has 0 saturated carbocycles. The van der Waals surface area contributed by atoms with Crippen LogP contribution < -0.4 is 4.90 Å². The second kappa shape index (κ2) is 6.17. The molecule has 0 aromatic heterocycles. The summed E-state index contributed by atoms with van der Waals surface area (Å²) < 4.78 is 14.0. The van der Waals surface area contributed by atoms with Gasteiger partial charge in [-0.05, 0) is 48.4 Å². The van der Waals surface area contributed by atoms with E-state index < -0.39 is 5.82 Å². The minimum absolute atomic E-state index is 0.110. The number of benzene rings is 3. The van der Waals surface area contributed by atoms with Crippen LogP contribution in [0, 0.1) is 5.82 Å². The van der Waals surface area contributed by atoms with Gasteiger partial charge < -0.3 is 4.90 Å². The quantitative estimate of drug-likeness (QED) is 0.625. The topological polar surface area (TPSA) is 20.3 Å². The number of nitrogens with zero attached hydrogens (tertiary/aromatic N) is 1. The highest BCUT2D eigenvalue weighted by Crippen LogP contribution is 2.39. The van der Waals surface area contributed by atoms with E-state index in [0.29, 0.717) is 5.56 Å². The van der Waals surface area contributed by atoms with Gasteiger partial charge in [0.1, 0.15) is 5.82 Å². The zero-order valence-corrected chi connectivity index (χ0v) is 14.0. The van der Waals surface area contributed by atoms with E-state index in [-0.39, 0.29) is 11.3 Å². The molecule has 124 valence electrons. The van der Waals surface area contributed by atoms with Crippen molar-refractivity contribution in [3.63, 3.8) is 0 Å². The normalized spacial score (nSPS) is 12.5. The van der Waals surface area contributed by atoms with E-state index in [4.69, 9.17) is 0 Å². The number of carbonyl (C=O) groups excluding carboxylic acids is 1. The maximum absolute atomic E-state index is 14.0. The molecule has 3 aromatic rings. The van der Waals surface area contributed by atoms with Crippen LogP contribution in [0.5, 0.6) is 0 Å². The van der Waals surface area contributed by atoms with Crippen LogP contribution >= 0.6 is 0 Å². The van der Waals surface area contributed by atoms with Gasteiger partial charge in [-0.1, -0.05) is 36.4 Å². The van der Waals surface area contributed by atoms with Crippen LogP contribution in [-0.2, 0) is 6.54 Å². The van der Waals surface area contributed by atoms with Crippen LogP contribution in [0.2, 0.25) is 0 Å². The van der Waals surface area contributed by atoms with E-state index >= 15 is 0 Å². The summed E-state index contributed by atoms with van der Waals surface area (Å²) in [6.45, 7) is 3.87. The molecule has 0 spiro atoms. The highest BCUT2D eigenvalue weighted by atomic mass is 19.1. The first-order chi connectivity index (χ1) is 12.2. The molecule has 0 aliphatic carbocycles. The van der Waals surface area contributed by atoms with Crippen LogP contribution in [0.1, 0.15) is 28.4 Å². The molecule has 0 bridgehead atoms. The summed E-state index contributed by atoms with van der Waals surface area (Å²) in [5, 5.41) is 0. The zero-order valence-electron chi connectivity index (χ0n) is 14.0. The summed E-state index contributed by atoms with van der Waals surface area (Å²) in [4.78, 5) is 15.0. The average Bonchev–Trinajstić information content (AvgIpc) is 2.66. The molecule has 2 nitrogen and oxygen atoms in total. The minimum Gasteiger partial charge on any atom is -0.367 e. The molecule has 3 heteroatoms. The highest BCUT2D eigenvalue weighted by molar-refractivity contribution is 6.10. The molecular formula is C22H18FNO. The van der Waals surface area contributed by atoms with Crippen molar-refractivity contribution in [1.29, 1.82) is 0 Å². The monoisotopic (exact) mass is 331 g/mol. The van der Waals surface area contributed by atoms with Crippen molar-refractivity contribution < 1.29 is 9.18 Å². The van der Waals surface area contributed by atoms with Crippen molar-refractivity contribution in [2.75, 3.05) is 11.4 Å². The first kappa shape index (κ1) is 15.6. The zero-order chi connectivity index (χ0) is 17.4. The van der Waals surface area contributed by atoms with Gasteiger partial charge in [0.2, 0.25) is 0 Å². The lowest BCUT2D eigenvalue weighted by atomic mass is 9.90. The van der Waals surface area contributed by atoms with E-state index in [9.17, 15) is 9.18 Å². The molecule has 0 N–H and O–H groups in total. The van der Waals surface area contributed by atoms with Crippen molar-refractivity contribution in [3.05, 3.63) is 89.2 Å². The fourth-order valence-electron chi connectivity index (χ4n) is 3.46. The Morgan fingerprint density at radius 1 is 1.00 bits per heavy atom. The summed E-state index contributed by atoms with van der Waals surface area (Å²) in [6, 6.07) is 20.0. The van der Waals surface area contributed by atoms with Crippen molar-refractivity contribution in [2.45, 2.75) is 13.5 Å². The molecule has 3 aromatic carbocycles. The lowest BCUT2D eigenvalue weighted by Gasteiger charge is -2.32. The van der Waals surface area contributed by atoms with Crippen molar-refractivity contribution >= 4 is 11.5 Å². The Bertz CT molecular complexity index is 964. The van der Waals surface area contributed by atoms with Gasteiger partial charge in [-0.2, -0.15) is 0 Å². The van der Waals surface area contributed by atoms with E-state index in [1.165, 1.54) is 17.7 Å². The molecule has 1 aliphatic rings. The van der Waals surface area contributed by atoms with Gasteiger partial charge in [0.25, 0.3) is 0 Å². The predicted octanol–water partition coefficient (Wildman–Crippen LogP) is 5.06. The second-order valence-electron chi connectivity index (χ2n) is 6.21. The summed E-state index contributed by atoms with van der Waals surface area (Å²) in [5.74, 6) is -0.771. The van der Waals surface area contributed by atoms with E-state index in [1.807, 2.05) is 24.3 Å². The number of hydrogen-bond acceptors (Lipinski definition) is 2. The van der Waals surface area contributed by atoms with Crippen LogP contribution in [0.3, 0.4) is 0 Å². The lowest BCUT2D eigenvalue weighted by Crippen LogP contribution is -2.26. The van der Waals surface area contributed by atoms with Gasteiger partial charge in [0.05, 0.1) is 5.56 Å². The van der Waals surface area contributed by atoms with Crippen molar-refractivity contribution in [3.8, 4) is 11.1 Å². The molecule has 0 amide bonds. The summed E-state index contributed by atoms with van der Waals surface area (Å²) >= 11 is 0. The van der Waals surface area contributed by atoms with Gasteiger partial charge in [-0.15, -0.1) is 0 Å². The third kappa shape index (κ3) is 2.62. The predicted molar refractivity (Wildman–Crippen MR) is 98.4 cm³/mol. The molecule has 25 heavy (non-hydrogen) atoms. The molecule has 4 rings (SSSR count). The third-order valence-corrected chi connectivity index (χ3v) is 4.77. The van der Waals surface area contributed by atoms with Crippen LogP contribution in [0.15, 0.2) is 66.7 Å². The first-order valence-corrected chi connectivity index (χ1v) is 8.45. The van der Waals surface area contributed by atoms with Crippen molar-refractivity contribution in [1.82, 2.24) is 0 Å². The number of carbonyl (C=O) groups is 1. The third-order valence-electron chi connectivity index (χ3n) is 4.77. The van der Waals surface area contributed by atoms with E-state index in [2.05, 4.69) is 24.0 Å². The Kier molecular flexibility index (Phi) is 3.85. The average molecular weight is 331 g/mol. The number of anilines is 1. The number of hydrogen-bond donors (Lipinski definition) is 0. The number of fused-ring (bicyclic) bond motifs is 3.